The molecule has 0 unspecified atom stereocenters. The normalized spacial score (nSPS) is 11.7. The third kappa shape index (κ3) is 5.46. The number of anilines is 1. The predicted molar refractivity (Wildman–Crippen MR) is 143 cm³/mol. The van der Waals surface area contributed by atoms with Crippen molar-refractivity contribution < 1.29 is 14.7 Å². The molecule has 0 radical (unpaired) electrons. The van der Waals surface area contributed by atoms with Crippen LogP contribution in [0, 0.1) is 0 Å². The summed E-state index contributed by atoms with van der Waals surface area (Å²) >= 11 is 1.29. The van der Waals surface area contributed by atoms with Crippen molar-refractivity contribution in [2.45, 2.75) is 56.2 Å². The highest BCUT2D eigenvalue weighted by Crippen LogP contribution is 2.34. The maximum absolute atomic E-state index is 13.1. The molecule has 0 fully saturated rings. The van der Waals surface area contributed by atoms with E-state index < -0.39 is 10.7 Å². The Kier molecular flexibility index (Phi) is 7.49. The highest BCUT2D eigenvalue weighted by Gasteiger charge is 2.28. The molecule has 0 atom stereocenters. The molecule has 2 aromatic carbocycles. The number of rotatable bonds is 10. The van der Waals surface area contributed by atoms with E-state index in [1.165, 1.54) is 11.8 Å². The van der Waals surface area contributed by atoms with E-state index in [0.29, 0.717) is 17.5 Å². The number of unbranched alkanes of at least 4 members (excludes halogenated alkanes) is 2. The van der Waals surface area contributed by atoms with Crippen LogP contribution in [0.25, 0.3) is 22.4 Å². The Morgan fingerprint density at radius 2 is 1.78 bits per heavy atom. The molecule has 9 heteroatoms. The molecule has 0 spiro atoms. The Bertz CT molecular complexity index is 1390. The average molecular weight is 506 g/mol. The number of aryl methyl sites for hydroxylation is 2. The first-order valence-electron chi connectivity index (χ1n) is 12.0. The molecular weight excluding hydrogens is 474 g/mol. The number of benzene rings is 2. The van der Waals surface area contributed by atoms with Crippen molar-refractivity contribution >= 4 is 40.6 Å². The fourth-order valence-corrected chi connectivity index (χ4v) is 4.84. The van der Waals surface area contributed by atoms with Crippen molar-refractivity contribution in [1.29, 1.82) is 0 Å². The monoisotopic (exact) mass is 505 g/mol. The van der Waals surface area contributed by atoms with Crippen molar-refractivity contribution in [3.05, 3.63) is 60.4 Å². The molecule has 0 aliphatic rings. The number of carboxylic acids is 1. The van der Waals surface area contributed by atoms with Gasteiger partial charge >= 0.3 is 5.97 Å². The molecule has 0 bridgehead atoms. The van der Waals surface area contributed by atoms with E-state index in [1.54, 1.807) is 20.0 Å². The molecule has 36 heavy (non-hydrogen) atoms. The van der Waals surface area contributed by atoms with E-state index in [2.05, 4.69) is 22.2 Å². The van der Waals surface area contributed by atoms with Crippen molar-refractivity contribution in [3.63, 3.8) is 0 Å². The van der Waals surface area contributed by atoms with Crippen LogP contribution in [-0.2, 0) is 18.4 Å². The zero-order valence-electron chi connectivity index (χ0n) is 21.0. The molecule has 0 aliphatic carbocycles. The lowest BCUT2D eigenvalue weighted by atomic mass is 10.2. The van der Waals surface area contributed by atoms with Gasteiger partial charge in [-0.2, -0.15) is 0 Å². The summed E-state index contributed by atoms with van der Waals surface area (Å²) in [6.07, 6.45) is 4.94. The summed E-state index contributed by atoms with van der Waals surface area (Å²) in [6.45, 7) is 6.27. The van der Waals surface area contributed by atoms with Crippen LogP contribution >= 0.6 is 11.8 Å². The SMILES string of the molecule is CCCCCn1cc(C(=O)Nc2nc3ccccc3n2C)nc1-c1ccc(SC(C)(C)C(=O)O)cc1. The van der Waals surface area contributed by atoms with Gasteiger partial charge in [-0.3, -0.25) is 14.9 Å². The summed E-state index contributed by atoms with van der Waals surface area (Å²) in [5, 5.41) is 12.3. The average Bonchev–Trinajstić information content (AvgIpc) is 3.41. The molecule has 8 nitrogen and oxygen atoms in total. The van der Waals surface area contributed by atoms with E-state index in [1.807, 2.05) is 64.7 Å². The van der Waals surface area contributed by atoms with Crippen molar-refractivity contribution in [1.82, 2.24) is 19.1 Å². The second-order valence-electron chi connectivity index (χ2n) is 9.23. The van der Waals surface area contributed by atoms with Gasteiger partial charge in [0, 0.05) is 30.2 Å². The number of nitrogens with one attached hydrogen (secondary N) is 1. The van der Waals surface area contributed by atoms with Crippen molar-refractivity contribution in [2.24, 2.45) is 7.05 Å². The minimum atomic E-state index is -0.929. The maximum atomic E-state index is 13.1. The molecule has 4 aromatic rings. The molecule has 0 saturated carbocycles. The lowest BCUT2D eigenvalue weighted by Gasteiger charge is -2.18. The minimum Gasteiger partial charge on any atom is -0.480 e. The van der Waals surface area contributed by atoms with E-state index in [4.69, 9.17) is 0 Å². The topological polar surface area (TPSA) is 102 Å². The van der Waals surface area contributed by atoms with Crippen LogP contribution in [0.15, 0.2) is 59.6 Å². The second kappa shape index (κ2) is 10.6. The van der Waals surface area contributed by atoms with Gasteiger partial charge in [-0.1, -0.05) is 44.0 Å². The van der Waals surface area contributed by atoms with Gasteiger partial charge in [0.25, 0.3) is 5.91 Å². The number of fused-ring (bicyclic) bond motifs is 1. The van der Waals surface area contributed by atoms with E-state index in [-0.39, 0.29) is 5.91 Å². The number of para-hydroxylation sites is 2. The highest BCUT2D eigenvalue weighted by molar-refractivity contribution is 8.01. The Labute approximate surface area is 214 Å². The third-order valence-corrected chi connectivity index (χ3v) is 7.22. The summed E-state index contributed by atoms with van der Waals surface area (Å²) in [6, 6.07) is 15.4. The number of nitrogens with zero attached hydrogens (tertiary/aromatic N) is 4. The number of aliphatic carboxylic acids is 1. The zero-order chi connectivity index (χ0) is 25.9. The van der Waals surface area contributed by atoms with Gasteiger partial charge in [0.05, 0.1) is 11.0 Å². The number of thioether (sulfide) groups is 1. The van der Waals surface area contributed by atoms with Gasteiger partial charge in [-0.15, -0.1) is 11.8 Å². The van der Waals surface area contributed by atoms with Gasteiger partial charge in [-0.25, -0.2) is 9.97 Å². The summed E-state index contributed by atoms with van der Waals surface area (Å²) < 4.78 is 2.94. The number of hydrogen-bond donors (Lipinski definition) is 2. The molecule has 2 N–H and O–H groups in total. The van der Waals surface area contributed by atoms with Gasteiger partial charge in [0.2, 0.25) is 5.95 Å². The molecule has 0 aliphatic heterocycles. The van der Waals surface area contributed by atoms with Crippen LogP contribution in [0.5, 0.6) is 0 Å². The first kappa shape index (κ1) is 25.5. The highest BCUT2D eigenvalue weighted by atomic mass is 32.2. The van der Waals surface area contributed by atoms with Gasteiger partial charge in [0.15, 0.2) is 0 Å². The Morgan fingerprint density at radius 1 is 1.06 bits per heavy atom. The standard InChI is InChI=1S/C27H31N5O3S/c1-5-6-9-16-32-17-21(24(33)30-26-29-20-10-7-8-11-22(20)31(26)4)28-23(32)18-12-14-19(15-13-18)36-27(2,3)25(34)35/h7-8,10-15,17H,5-6,9,16H2,1-4H3,(H,34,35)(H,29,30,33). The van der Waals surface area contributed by atoms with Crippen LogP contribution in [0.2, 0.25) is 0 Å². The van der Waals surface area contributed by atoms with Gasteiger partial charge in [0.1, 0.15) is 16.3 Å². The number of carboxylic acid groups (broad SMARTS) is 1. The number of imidazole rings is 2. The smallest absolute Gasteiger partial charge is 0.319 e. The predicted octanol–water partition coefficient (Wildman–Crippen LogP) is 5.83. The summed E-state index contributed by atoms with van der Waals surface area (Å²) in [4.78, 5) is 34.7. The summed E-state index contributed by atoms with van der Waals surface area (Å²) in [5.74, 6) is -0.0143. The molecular formula is C27H31N5O3S. The van der Waals surface area contributed by atoms with Crippen LogP contribution in [0.3, 0.4) is 0 Å². The second-order valence-corrected chi connectivity index (χ2v) is 10.9. The summed E-state index contributed by atoms with van der Waals surface area (Å²) in [5.41, 5.74) is 2.93. The molecule has 2 heterocycles. The quantitative estimate of drug-likeness (QED) is 0.208. The lowest BCUT2D eigenvalue weighted by Crippen LogP contribution is -2.26. The molecule has 188 valence electrons. The number of hydrogen-bond acceptors (Lipinski definition) is 5. The molecule has 1 amide bonds. The van der Waals surface area contributed by atoms with E-state index >= 15 is 0 Å². The van der Waals surface area contributed by atoms with Crippen LogP contribution < -0.4 is 5.32 Å². The number of carbonyl (C=O) groups is 2. The first-order chi connectivity index (χ1) is 17.2. The fraction of sp³-hybridized carbons (Fsp3) is 0.333. The third-order valence-electron chi connectivity index (χ3n) is 6.02. The molecule has 2 aromatic heterocycles. The molecule has 0 saturated heterocycles. The molecule has 4 rings (SSSR count). The number of amides is 1. The Balaban J connectivity index is 1.60. The van der Waals surface area contributed by atoms with Crippen LogP contribution in [0.4, 0.5) is 5.95 Å². The van der Waals surface area contributed by atoms with Crippen LogP contribution in [-0.4, -0.2) is 40.8 Å². The van der Waals surface area contributed by atoms with Gasteiger partial charge < -0.3 is 14.2 Å². The van der Waals surface area contributed by atoms with Gasteiger partial charge in [-0.05, 0) is 44.5 Å². The minimum absolute atomic E-state index is 0.319. The Hall–Kier alpha value is -3.59. The maximum Gasteiger partial charge on any atom is 0.319 e. The fourth-order valence-electron chi connectivity index (χ4n) is 3.89. The van der Waals surface area contributed by atoms with E-state index in [9.17, 15) is 14.7 Å². The first-order valence-corrected chi connectivity index (χ1v) is 12.8. The Morgan fingerprint density at radius 3 is 2.44 bits per heavy atom. The summed E-state index contributed by atoms with van der Waals surface area (Å²) in [7, 11) is 1.87. The van der Waals surface area contributed by atoms with Crippen molar-refractivity contribution in [3.8, 4) is 11.4 Å². The number of carbonyl (C=O) groups excluding carboxylic acids is 1. The zero-order valence-corrected chi connectivity index (χ0v) is 21.8. The lowest BCUT2D eigenvalue weighted by molar-refractivity contribution is -0.138. The van der Waals surface area contributed by atoms with Crippen molar-refractivity contribution in [2.75, 3.05) is 5.32 Å². The number of aromatic nitrogens is 4. The van der Waals surface area contributed by atoms with Crippen LogP contribution in [0.1, 0.15) is 50.5 Å². The van der Waals surface area contributed by atoms with E-state index in [0.717, 1.165) is 47.3 Å². The largest absolute Gasteiger partial charge is 0.480 e.